The molecule has 1 aromatic heterocycles. The molecule has 3 rings (SSSR count). The van der Waals surface area contributed by atoms with Gasteiger partial charge in [0.15, 0.2) is 0 Å². The lowest BCUT2D eigenvalue weighted by Crippen LogP contribution is -2.35. The Morgan fingerprint density at radius 2 is 2.05 bits per heavy atom. The van der Waals surface area contributed by atoms with E-state index < -0.39 is 0 Å². The normalized spacial score (nSPS) is 16.9. The quantitative estimate of drug-likeness (QED) is 0.808. The Labute approximate surface area is 125 Å². The van der Waals surface area contributed by atoms with E-state index in [1.807, 2.05) is 11.3 Å². The highest BCUT2D eigenvalue weighted by molar-refractivity contribution is 7.11. The second-order valence-corrected chi connectivity index (χ2v) is 6.73. The van der Waals surface area contributed by atoms with Crippen molar-refractivity contribution in [2.45, 2.75) is 44.6 Å². The van der Waals surface area contributed by atoms with Gasteiger partial charge in [-0.05, 0) is 31.4 Å². The summed E-state index contributed by atoms with van der Waals surface area (Å²) in [7, 11) is 0. The lowest BCUT2D eigenvalue weighted by molar-refractivity contribution is 0.300. The summed E-state index contributed by atoms with van der Waals surface area (Å²) in [5.74, 6) is 0. The van der Waals surface area contributed by atoms with Gasteiger partial charge in [-0.15, -0.1) is 11.3 Å². The molecule has 0 amide bonds. The summed E-state index contributed by atoms with van der Waals surface area (Å²) in [4.78, 5) is 6.10. The van der Waals surface area contributed by atoms with Crippen LogP contribution >= 0.6 is 11.3 Å². The summed E-state index contributed by atoms with van der Waals surface area (Å²) in [5.41, 5.74) is 1.64. The van der Waals surface area contributed by atoms with E-state index in [0.29, 0.717) is 0 Å². The molecule has 0 atom stereocenters. The summed E-state index contributed by atoms with van der Waals surface area (Å²) in [6.45, 7) is 4.23. The smallest absolute Gasteiger partial charge is 0.103 e. The molecule has 0 spiro atoms. The number of rotatable bonds is 6. The van der Waals surface area contributed by atoms with Crippen LogP contribution in [-0.2, 0) is 12.0 Å². The fourth-order valence-corrected chi connectivity index (χ4v) is 4.06. The molecule has 1 fully saturated rings. The van der Waals surface area contributed by atoms with Crippen LogP contribution in [0.5, 0.6) is 0 Å². The van der Waals surface area contributed by atoms with E-state index in [0.717, 1.165) is 13.1 Å². The number of nitrogens with zero attached hydrogens (tertiary/aromatic N) is 1. The summed E-state index contributed by atoms with van der Waals surface area (Å²) < 4.78 is 0. The van der Waals surface area contributed by atoms with Gasteiger partial charge in [-0.3, -0.25) is 0 Å². The first-order valence-electron chi connectivity index (χ1n) is 7.56. The van der Waals surface area contributed by atoms with Gasteiger partial charge in [0, 0.05) is 23.0 Å². The molecule has 1 aliphatic carbocycles. The van der Waals surface area contributed by atoms with Crippen LogP contribution in [0.1, 0.15) is 48.1 Å². The van der Waals surface area contributed by atoms with Crippen LogP contribution in [0.4, 0.5) is 0 Å². The number of aromatic nitrogens is 1. The summed E-state index contributed by atoms with van der Waals surface area (Å²) in [6, 6.07) is 10.9. The third kappa shape index (κ3) is 2.52. The first-order chi connectivity index (χ1) is 9.85. The zero-order valence-corrected chi connectivity index (χ0v) is 12.9. The third-order valence-corrected chi connectivity index (χ3v) is 5.42. The standard InChI is InChI=1S/C17H22N2S/c1-2-11-18-12-15-13-19-16(20-15)17(9-6-10-17)14-7-4-3-5-8-14/h3-5,7-8,13,18H,2,6,9-12H2,1H3. The van der Waals surface area contributed by atoms with Gasteiger partial charge in [0.25, 0.3) is 0 Å². The summed E-state index contributed by atoms with van der Waals surface area (Å²) in [5, 5.41) is 4.77. The molecular weight excluding hydrogens is 264 g/mol. The zero-order valence-electron chi connectivity index (χ0n) is 12.1. The van der Waals surface area contributed by atoms with E-state index in [2.05, 4.69) is 48.8 Å². The Hall–Kier alpha value is -1.19. The molecule has 1 heterocycles. The fraction of sp³-hybridized carbons (Fsp3) is 0.471. The van der Waals surface area contributed by atoms with E-state index >= 15 is 0 Å². The Morgan fingerprint density at radius 3 is 2.70 bits per heavy atom. The minimum absolute atomic E-state index is 0.203. The average molecular weight is 286 g/mol. The van der Waals surface area contributed by atoms with Crippen molar-refractivity contribution in [2.24, 2.45) is 0 Å². The van der Waals surface area contributed by atoms with Crippen LogP contribution < -0.4 is 5.32 Å². The highest BCUT2D eigenvalue weighted by Crippen LogP contribution is 2.49. The van der Waals surface area contributed by atoms with Crippen molar-refractivity contribution in [3.63, 3.8) is 0 Å². The van der Waals surface area contributed by atoms with Crippen molar-refractivity contribution in [2.75, 3.05) is 6.54 Å². The largest absolute Gasteiger partial charge is 0.312 e. The predicted molar refractivity (Wildman–Crippen MR) is 85.2 cm³/mol. The van der Waals surface area contributed by atoms with Crippen LogP contribution in [0.3, 0.4) is 0 Å². The molecule has 1 aliphatic rings. The van der Waals surface area contributed by atoms with E-state index in [-0.39, 0.29) is 5.41 Å². The van der Waals surface area contributed by atoms with Crippen LogP contribution in [0.25, 0.3) is 0 Å². The first-order valence-corrected chi connectivity index (χ1v) is 8.38. The molecule has 0 aliphatic heterocycles. The number of benzene rings is 1. The minimum Gasteiger partial charge on any atom is -0.312 e. The average Bonchev–Trinajstić information content (AvgIpc) is 2.88. The molecule has 0 radical (unpaired) electrons. The number of thiazole rings is 1. The van der Waals surface area contributed by atoms with E-state index in [1.54, 1.807) is 0 Å². The van der Waals surface area contributed by atoms with Gasteiger partial charge < -0.3 is 5.32 Å². The van der Waals surface area contributed by atoms with Crippen LogP contribution in [0, 0.1) is 0 Å². The monoisotopic (exact) mass is 286 g/mol. The van der Waals surface area contributed by atoms with Crippen molar-refractivity contribution in [1.82, 2.24) is 10.3 Å². The number of hydrogen-bond acceptors (Lipinski definition) is 3. The van der Waals surface area contributed by atoms with E-state index in [4.69, 9.17) is 4.98 Å². The molecular formula is C17H22N2S. The molecule has 0 saturated heterocycles. The predicted octanol–water partition coefficient (Wildman–Crippen LogP) is 4.11. The first kappa shape index (κ1) is 13.8. The molecule has 2 aromatic rings. The van der Waals surface area contributed by atoms with Crippen molar-refractivity contribution >= 4 is 11.3 Å². The van der Waals surface area contributed by atoms with Crippen molar-refractivity contribution in [3.8, 4) is 0 Å². The zero-order chi connectivity index (χ0) is 13.8. The van der Waals surface area contributed by atoms with Gasteiger partial charge in [0.05, 0.1) is 0 Å². The summed E-state index contributed by atoms with van der Waals surface area (Å²) >= 11 is 1.89. The molecule has 1 N–H and O–H groups in total. The Morgan fingerprint density at radius 1 is 1.25 bits per heavy atom. The van der Waals surface area contributed by atoms with Crippen molar-refractivity contribution in [1.29, 1.82) is 0 Å². The van der Waals surface area contributed by atoms with Gasteiger partial charge in [-0.2, -0.15) is 0 Å². The van der Waals surface area contributed by atoms with E-state index in [1.165, 1.54) is 41.1 Å². The van der Waals surface area contributed by atoms with Crippen LogP contribution in [0.2, 0.25) is 0 Å². The molecule has 20 heavy (non-hydrogen) atoms. The Balaban J connectivity index is 1.80. The van der Waals surface area contributed by atoms with Gasteiger partial charge >= 0.3 is 0 Å². The van der Waals surface area contributed by atoms with Gasteiger partial charge in [-0.25, -0.2) is 4.98 Å². The number of hydrogen-bond donors (Lipinski definition) is 1. The topological polar surface area (TPSA) is 24.9 Å². The fourth-order valence-electron chi connectivity index (χ4n) is 2.91. The second-order valence-electron chi connectivity index (χ2n) is 5.61. The molecule has 0 bridgehead atoms. The lowest BCUT2D eigenvalue weighted by atomic mass is 9.65. The number of nitrogens with one attached hydrogen (secondary N) is 1. The minimum atomic E-state index is 0.203. The van der Waals surface area contributed by atoms with Gasteiger partial charge in [-0.1, -0.05) is 43.7 Å². The van der Waals surface area contributed by atoms with Crippen LogP contribution in [0.15, 0.2) is 36.5 Å². The maximum atomic E-state index is 4.74. The maximum Gasteiger partial charge on any atom is 0.103 e. The maximum absolute atomic E-state index is 4.74. The van der Waals surface area contributed by atoms with Crippen molar-refractivity contribution < 1.29 is 0 Å². The lowest BCUT2D eigenvalue weighted by Gasteiger charge is -2.40. The van der Waals surface area contributed by atoms with E-state index in [9.17, 15) is 0 Å². The van der Waals surface area contributed by atoms with Crippen LogP contribution in [-0.4, -0.2) is 11.5 Å². The molecule has 1 aromatic carbocycles. The SMILES string of the molecule is CCCNCc1cnc(C2(c3ccccc3)CCC2)s1. The third-order valence-electron chi connectivity index (χ3n) is 4.22. The summed E-state index contributed by atoms with van der Waals surface area (Å²) in [6.07, 6.45) is 7.04. The molecule has 106 valence electrons. The van der Waals surface area contributed by atoms with Gasteiger partial charge in [0.1, 0.15) is 5.01 Å². The van der Waals surface area contributed by atoms with Gasteiger partial charge in [0.2, 0.25) is 0 Å². The Bertz CT molecular complexity index is 543. The highest BCUT2D eigenvalue weighted by Gasteiger charge is 2.42. The molecule has 1 saturated carbocycles. The Kier molecular flexibility index (Phi) is 4.18. The molecule has 0 unspecified atom stereocenters. The van der Waals surface area contributed by atoms with Crippen molar-refractivity contribution in [3.05, 3.63) is 52.0 Å². The molecule has 3 heteroatoms. The highest BCUT2D eigenvalue weighted by atomic mass is 32.1. The second kappa shape index (κ2) is 6.06. The molecule has 2 nitrogen and oxygen atoms in total.